The number of carboxylic acid groups (broad SMARTS) is 1. The Kier molecular flexibility index (Phi) is 7.94. The number of aliphatic carboxylic acids is 1. The van der Waals surface area contributed by atoms with E-state index in [1.165, 1.54) is 12.1 Å². The van der Waals surface area contributed by atoms with Crippen molar-refractivity contribution in [1.82, 2.24) is 19.7 Å². The summed E-state index contributed by atoms with van der Waals surface area (Å²) in [5.41, 5.74) is -1.17. The first-order valence-electron chi connectivity index (χ1n) is 13.2. The smallest absolute Gasteiger partial charge is 0.310 e. The van der Waals surface area contributed by atoms with Crippen molar-refractivity contribution in [3.05, 3.63) is 59.4 Å². The Bertz CT molecular complexity index is 1320. The number of hydrogen-bond donors (Lipinski definition) is 2. The third-order valence-corrected chi connectivity index (χ3v) is 7.65. The minimum absolute atomic E-state index is 0.00592. The van der Waals surface area contributed by atoms with Crippen molar-refractivity contribution in [2.45, 2.75) is 84.8 Å². The number of halogens is 2. The molecule has 2 heterocycles. The molecule has 0 spiro atoms. The maximum absolute atomic E-state index is 14.4. The fraction of sp³-hybridized carbons (Fsp3) is 0.517. The Balaban J connectivity index is 1.62. The molecule has 1 aromatic carbocycles. The summed E-state index contributed by atoms with van der Waals surface area (Å²) in [6.07, 6.45) is 6.32. The lowest BCUT2D eigenvalue weighted by Crippen LogP contribution is -2.47. The van der Waals surface area contributed by atoms with Crippen LogP contribution < -0.4 is 10.1 Å². The summed E-state index contributed by atoms with van der Waals surface area (Å²) in [5, 5.41) is 18.4. The van der Waals surface area contributed by atoms with Gasteiger partial charge in [-0.05, 0) is 64.0 Å². The van der Waals surface area contributed by atoms with Crippen molar-refractivity contribution in [3.8, 4) is 5.75 Å². The number of benzene rings is 1. The first-order chi connectivity index (χ1) is 18.2. The predicted octanol–water partition coefficient (Wildman–Crippen LogP) is 7.19. The van der Waals surface area contributed by atoms with E-state index in [0.29, 0.717) is 37.2 Å². The number of ether oxygens (including phenoxy) is 1. The van der Waals surface area contributed by atoms with E-state index in [9.17, 15) is 14.3 Å². The predicted molar refractivity (Wildman–Crippen MR) is 149 cm³/mol. The Labute approximate surface area is 234 Å². The zero-order chi connectivity index (χ0) is 28.6. The first-order valence-corrected chi connectivity index (χ1v) is 13.6. The average Bonchev–Trinajstić information content (AvgIpc) is 3.31. The van der Waals surface area contributed by atoms with Gasteiger partial charge in [0.05, 0.1) is 40.2 Å². The molecule has 210 valence electrons. The topological polar surface area (TPSA) is 102 Å². The molecule has 1 aliphatic rings. The Morgan fingerprint density at radius 2 is 1.87 bits per heavy atom. The summed E-state index contributed by atoms with van der Waals surface area (Å²) in [7, 11) is 0. The summed E-state index contributed by atoms with van der Waals surface area (Å²) in [6.45, 7) is 12.3. The molecule has 0 bridgehead atoms. The van der Waals surface area contributed by atoms with Gasteiger partial charge in [0.1, 0.15) is 11.6 Å². The van der Waals surface area contributed by atoms with Crippen LogP contribution >= 0.6 is 11.6 Å². The number of carbonyl (C=O) groups is 1. The van der Waals surface area contributed by atoms with Crippen LogP contribution in [0.4, 0.5) is 16.0 Å². The highest BCUT2D eigenvalue weighted by Crippen LogP contribution is 2.55. The van der Waals surface area contributed by atoms with E-state index < -0.39 is 28.5 Å². The van der Waals surface area contributed by atoms with E-state index in [4.69, 9.17) is 21.3 Å². The summed E-state index contributed by atoms with van der Waals surface area (Å²) in [6, 6.07) is 6.51. The standard InChI is InChI=1S/C29H37ClFN5O3/c1-27(2,3)25(20-16-32-17-22(34-20)35-23-12-15-33-36(23)28(4,5)6)29(26(37)38)13-10-18(11-14-29)39-21-9-7-8-19(30)24(21)31/h7-9,12,15-18,25H,10-11,13-14H2,1-6H3,(H,34,35)(H,37,38). The van der Waals surface area contributed by atoms with Gasteiger partial charge < -0.3 is 15.2 Å². The van der Waals surface area contributed by atoms with Crippen molar-refractivity contribution in [2.75, 3.05) is 5.32 Å². The van der Waals surface area contributed by atoms with Crippen LogP contribution in [-0.4, -0.2) is 36.9 Å². The molecule has 4 rings (SSSR count). The minimum atomic E-state index is -1.09. The number of anilines is 2. The lowest BCUT2D eigenvalue weighted by molar-refractivity contribution is -0.157. The number of hydrogen-bond acceptors (Lipinski definition) is 6. The van der Waals surface area contributed by atoms with Crippen molar-refractivity contribution >= 4 is 29.2 Å². The second-order valence-corrected chi connectivity index (χ2v) is 12.8. The molecule has 1 atom stereocenters. The van der Waals surface area contributed by atoms with E-state index in [-0.39, 0.29) is 22.4 Å². The van der Waals surface area contributed by atoms with Crippen LogP contribution in [0.2, 0.25) is 5.02 Å². The fourth-order valence-electron chi connectivity index (χ4n) is 5.80. The zero-order valence-corrected chi connectivity index (χ0v) is 24.1. The summed E-state index contributed by atoms with van der Waals surface area (Å²) < 4.78 is 22.2. The normalized spacial score (nSPS) is 20.9. The maximum atomic E-state index is 14.4. The molecule has 0 radical (unpaired) electrons. The molecular weight excluding hydrogens is 521 g/mol. The van der Waals surface area contributed by atoms with Crippen molar-refractivity contribution in [1.29, 1.82) is 0 Å². The highest BCUT2D eigenvalue weighted by atomic mass is 35.5. The number of rotatable bonds is 7. The molecular formula is C29H37ClFN5O3. The van der Waals surface area contributed by atoms with Crippen LogP contribution in [0.1, 0.15) is 78.8 Å². The molecule has 8 nitrogen and oxygen atoms in total. The van der Waals surface area contributed by atoms with E-state index in [0.717, 1.165) is 5.82 Å². The fourth-order valence-corrected chi connectivity index (χ4v) is 5.97. The molecule has 1 aliphatic carbocycles. The number of nitrogens with zero attached hydrogens (tertiary/aromatic N) is 4. The molecule has 1 saturated carbocycles. The third-order valence-electron chi connectivity index (χ3n) is 7.36. The van der Waals surface area contributed by atoms with Gasteiger partial charge >= 0.3 is 5.97 Å². The second-order valence-electron chi connectivity index (χ2n) is 12.4. The lowest BCUT2D eigenvalue weighted by Gasteiger charge is -2.47. The molecule has 3 aromatic rings. The molecule has 1 fully saturated rings. The van der Waals surface area contributed by atoms with E-state index in [1.54, 1.807) is 24.7 Å². The quantitative estimate of drug-likeness (QED) is 0.317. The molecule has 0 saturated heterocycles. The van der Waals surface area contributed by atoms with Crippen LogP contribution in [0.3, 0.4) is 0 Å². The second kappa shape index (κ2) is 10.8. The van der Waals surface area contributed by atoms with Gasteiger partial charge in [-0.15, -0.1) is 0 Å². The summed E-state index contributed by atoms with van der Waals surface area (Å²) in [4.78, 5) is 22.3. The van der Waals surface area contributed by atoms with E-state index in [1.807, 2.05) is 31.5 Å². The highest BCUT2D eigenvalue weighted by molar-refractivity contribution is 6.30. The van der Waals surface area contributed by atoms with Gasteiger partial charge in [-0.25, -0.2) is 14.1 Å². The van der Waals surface area contributed by atoms with Gasteiger partial charge in [0.15, 0.2) is 11.6 Å². The average molecular weight is 558 g/mol. The molecule has 1 unspecified atom stereocenters. The van der Waals surface area contributed by atoms with Crippen molar-refractivity contribution in [3.63, 3.8) is 0 Å². The number of aromatic nitrogens is 4. The molecule has 39 heavy (non-hydrogen) atoms. The molecule has 10 heteroatoms. The Hall–Kier alpha value is -3.20. The van der Waals surface area contributed by atoms with Crippen LogP contribution in [-0.2, 0) is 10.3 Å². The Morgan fingerprint density at radius 3 is 2.49 bits per heavy atom. The van der Waals surface area contributed by atoms with Gasteiger partial charge in [-0.2, -0.15) is 5.10 Å². The minimum Gasteiger partial charge on any atom is -0.487 e. The van der Waals surface area contributed by atoms with Gasteiger partial charge in [0, 0.05) is 18.2 Å². The molecule has 2 aromatic heterocycles. The monoisotopic (exact) mass is 557 g/mol. The largest absolute Gasteiger partial charge is 0.487 e. The highest BCUT2D eigenvalue weighted by Gasteiger charge is 2.53. The molecule has 2 N–H and O–H groups in total. The van der Waals surface area contributed by atoms with Crippen molar-refractivity contribution in [2.24, 2.45) is 10.8 Å². The van der Waals surface area contributed by atoms with Crippen LogP contribution in [0.5, 0.6) is 5.75 Å². The molecule has 0 amide bonds. The van der Waals surface area contributed by atoms with Gasteiger partial charge in [0.2, 0.25) is 0 Å². The van der Waals surface area contributed by atoms with Crippen molar-refractivity contribution < 1.29 is 19.0 Å². The summed E-state index contributed by atoms with van der Waals surface area (Å²) in [5.74, 6) is -0.549. The van der Waals surface area contributed by atoms with E-state index >= 15 is 0 Å². The lowest BCUT2D eigenvalue weighted by atomic mass is 9.57. The number of carboxylic acids is 1. The van der Waals surface area contributed by atoms with E-state index in [2.05, 4.69) is 36.2 Å². The number of nitrogens with one attached hydrogen (secondary N) is 1. The van der Waals surface area contributed by atoms with Gasteiger partial charge in [0.25, 0.3) is 0 Å². The SMILES string of the molecule is CC(C)(C)C(c1cncc(Nc2ccnn2C(C)(C)C)n1)C1(C(=O)O)CCC(Oc2cccc(Cl)c2F)CC1. The maximum Gasteiger partial charge on any atom is 0.310 e. The van der Waals surface area contributed by atoms with Gasteiger partial charge in [-0.3, -0.25) is 9.78 Å². The van der Waals surface area contributed by atoms with Crippen LogP contribution in [0.25, 0.3) is 0 Å². The third kappa shape index (κ3) is 6.03. The van der Waals surface area contributed by atoms with Crippen LogP contribution in [0, 0.1) is 16.6 Å². The van der Waals surface area contributed by atoms with Crippen LogP contribution in [0.15, 0.2) is 42.9 Å². The Morgan fingerprint density at radius 1 is 1.18 bits per heavy atom. The molecule has 0 aliphatic heterocycles. The van der Waals surface area contributed by atoms with Gasteiger partial charge in [-0.1, -0.05) is 38.4 Å². The zero-order valence-electron chi connectivity index (χ0n) is 23.3. The first kappa shape index (κ1) is 28.8. The summed E-state index contributed by atoms with van der Waals surface area (Å²) >= 11 is 5.91.